The van der Waals surface area contributed by atoms with Gasteiger partial charge in [0.05, 0.1) is 9.85 Å². The predicted octanol–water partition coefficient (Wildman–Crippen LogP) is 1.91. The van der Waals surface area contributed by atoms with Crippen LogP contribution in [0, 0.1) is 20.2 Å². The molecule has 0 aliphatic heterocycles. The van der Waals surface area contributed by atoms with Gasteiger partial charge in [0.2, 0.25) is 0 Å². The van der Waals surface area contributed by atoms with Gasteiger partial charge in [-0.3, -0.25) is 20.2 Å². The van der Waals surface area contributed by atoms with Crippen LogP contribution in [0.3, 0.4) is 0 Å². The van der Waals surface area contributed by atoms with Gasteiger partial charge in [0.15, 0.2) is 0 Å². The van der Waals surface area contributed by atoms with Gasteiger partial charge in [-0.25, -0.2) is 0 Å². The van der Waals surface area contributed by atoms with E-state index in [-0.39, 0.29) is 5.56 Å². The average molecular weight is 281 g/mol. The van der Waals surface area contributed by atoms with Crippen LogP contribution in [0.5, 0.6) is 0 Å². The Hall–Kier alpha value is -2.35. The van der Waals surface area contributed by atoms with E-state index in [9.17, 15) is 25.0 Å². The van der Waals surface area contributed by atoms with Crippen molar-refractivity contribution in [1.29, 1.82) is 0 Å². The Labute approximate surface area is 114 Å². The normalized spacial score (nSPS) is 11.8. The Kier molecular flexibility index (Phi) is 5.73. The summed E-state index contributed by atoms with van der Waals surface area (Å²) in [5, 5.41) is 21.9. The van der Waals surface area contributed by atoms with Crippen molar-refractivity contribution in [1.82, 2.24) is 0 Å². The maximum absolute atomic E-state index is 11.1. The number of nitro groups is 2. The Morgan fingerprint density at radius 2 is 1.90 bits per heavy atom. The summed E-state index contributed by atoms with van der Waals surface area (Å²) in [6.07, 6.45) is 2.28. The zero-order chi connectivity index (χ0) is 15.1. The summed E-state index contributed by atoms with van der Waals surface area (Å²) in [7, 11) is 0. The molecule has 2 N–H and O–H groups in total. The fraction of sp³-hybridized carbons (Fsp3) is 0.417. The van der Waals surface area contributed by atoms with Crippen LogP contribution in [0.15, 0.2) is 18.2 Å². The van der Waals surface area contributed by atoms with E-state index in [0.717, 1.165) is 6.07 Å². The number of para-hydroxylation sites is 1. The number of nitro benzene ring substituents is 2. The van der Waals surface area contributed by atoms with Gasteiger partial charge in [0, 0.05) is 17.5 Å². The van der Waals surface area contributed by atoms with Crippen LogP contribution in [-0.4, -0.2) is 22.7 Å². The molecular formula is C12H15N3O5. The average Bonchev–Trinajstić information content (AvgIpc) is 2.42. The monoisotopic (exact) mass is 281 g/mol. The SMILES string of the molecule is NCCCCC(C=O)c1cccc([N+](=O)[O-])c1[N+](=O)[O-]. The second-order valence-electron chi connectivity index (χ2n) is 4.26. The Morgan fingerprint density at radius 1 is 1.20 bits per heavy atom. The van der Waals surface area contributed by atoms with Gasteiger partial charge in [-0.1, -0.05) is 18.6 Å². The molecule has 1 aromatic carbocycles. The van der Waals surface area contributed by atoms with Crippen molar-refractivity contribution in [2.24, 2.45) is 5.73 Å². The first-order valence-corrected chi connectivity index (χ1v) is 6.10. The van der Waals surface area contributed by atoms with Crippen LogP contribution in [0.25, 0.3) is 0 Å². The van der Waals surface area contributed by atoms with E-state index in [1.807, 2.05) is 0 Å². The third kappa shape index (κ3) is 3.58. The summed E-state index contributed by atoms with van der Waals surface area (Å²) in [4.78, 5) is 31.4. The van der Waals surface area contributed by atoms with Crippen LogP contribution in [0.1, 0.15) is 30.7 Å². The van der Waals surface area contributed by atoms with E-state index in [1.54, 1.807) is 0 Å². The first kappa shape index (κ1) is 15.7. The van der Waals surface area contributed by atoms with Crippen LogP contribution in [-0.2, 0) is 4.79 Å². The zero-order valence-electron chi connectivity index (χ0n) is 10.7. The van der Waals surface area contributed by atoms with Crippen molar-refractivity contribution >= 4 is 17.7 Å². The fourth-order valence-corrected chi connectivity index (χ4v) is 2.00. The summed E-state index contributed by atoms with van der Waals surface area (Å²) in [6.45, 7) is 0.461. The third-order valence-electron chi connectivity index (χ3n) is 2.96. The number of hydrogen-bond acceptors (Lipinski definition) is 6. The van der Waals surface area contributed by atoms with E-state index >= 15 is 0 Å². The number of carbonyl (C=O) groups is 1. The van der Waals surface area contributed by atoms with Gasteiger partial charge < -0.3 is 10.5 Å². The molecule has 0 saturated carbocycles. The number of nitrogens with zero attached hydrogens (tertiary/aromatic N) is 2. The van der Waals surface area contributed by atoms with E-state index < -0.39 is 27.1 Å². The number of rotatable bonds is 8. The molecule has 8 nitrogen and oxygen atoms in total. The molecule has 8 heteroatoms. The highest BCUT2D eigenvalue weighted by atomic mass is 16.6. The number of aldehydes is 1. The Balaban J connectivity index is 3.20. The number of unbranched alkanes of at least 4 members (excludes halogenated alkanes) is 1. The highest BCUT2D eigenvalue weighted by Crippen LogP contribution is 2.36. The van der Waals surface area contributed by atoms with E-state index in [1.165, 1.54) is 12.1 Å². The van der Waals surface area contributed by atoms with Crippen LogP contribution in [0.2, 0.25) is 0 Å². The van der Waals surface area contributed by atoms with Crippen molar-refractivity contribution in [3.05, 3.63) is 44.0 Å². The minimum atomic E-state index is -0.816. The quantitative estimate of drug-likeness (QED) is 0.335. The minimum Gasteiger partial charge on any atom is -0.330 e. The predicted molar refractivity (Wildman–Crippen MR) is 71.5 cm³/mol. The van der Waals surface area contributed by atoms with E-state index in [4.69, 9.17) is 5.73 Å². The molecule has 0 aliphatic carbocycles. The summed E-state index contributed by atoms with van der Waals surface area (Å²) in [5.74, 6) is -0.734. The molecular weight excluding hydrogens is 266 g/mol. The van der Waals surface area contributed by atoms with Crippen LogP contribution >= 0.6 is 0 Å². The molecule has 0 aromatic heterocycles. The van der Waals surface area contributed by atoms with Gasteiger partial charge in [0.1, 0.15) is 6.29 Å². The van der Waals surface area contributed by atoms with Crippen molar-refractivity contribution < 1.29 is 14.6 Å². The molecule has 0 saturated heterocycles. The number of hydrogen-bond donors (Lipinski definition) is 1. The highest BCUT2D eigenvalue weighted by Gasteiger charge is 2.31. The van der Waals surface area contributed by atoms with Crippen molar-refractivity contribution in [2.75, 3.05) is 6.54 Å². The zero-order valence-corrected chi connectivity index (χ0v) is 10.7. The molecule has 1 rings (SSSR count). The summed E-state index contributed by atoms with van der Waals surface area (Å²) >= 11 is 0. The van der Waals surface area contributed by atoms with Gasteiger partial charge >= 0.3 is 11.4 Å². The van der Waals surface area contributed by atoms with Gasteiger partial charge in [-0.05, 0) is 19.4 Å². The molecule has 1 aromatic rings. The Bertz CT molecular complexity index is 518. The molecule has 20 heavy (non-hydrogen) atoms. The molecule has 0 aliphatic rings. The second-order valence-corrected chi connectivity index (χ2v) is 4.26. The Morgan fingerprint density at radius 3 is 2.40 bits per heavy atom. The van der Waals surface area contributed by atoms with Crippen molar-refractivity contribution in [2.45, 2.75) is 25.2 Å². The lowest BCUT2D eigenvalue weighted by Crippen LogP contribution is -2.08. The molecule has 0 amide bonds. The number of nitrogens with two attached hydrogens (primary N) is 1. The standard InChI is InChI=1S/C12H15N3O5/c13-7-2-1-4-9(8-16)10-5-3-6-11(14(17)18)12(10)15(19)20/h3,5-6,8-9H,1-2,4,7,13H2. The first-order chi connectivity index (χ1) is 9.52. The molecule has 1 atom stereocenters. The maximum Gasteiger partial charge on any atom is 0.349 e. The van der Waals surface area contributed by atoms with Gasteiger partial charge in [-0.15, -0.1) is 0 Å². The second kappa shape index (κ2) is 7.29. The van der Waals surface area contributed by atoms with Gasteiger partial charge in [-0.2, -0.15) is 0 Å². The lowest BCUT2D eigenvalue weighted by atomic mass is 9.93. The molecule has 0 spiro atoms. The first-order valence-electron chi connectivity index (χ1n) is 6.10. The lowest BCUT2D eigenvalue weighted by molar-refractivity contribution is -0.423. The van der Waals surface area contributed by atoms with E-state index in [0.29, 0.717) is 32.1 Å². The van der Waals surface area contributed by atoms with Crippen LogP contribution < -0.4 is 5.73 Å². The molecule has 0 fully saturated rings. The lowest BCUT2D eigenvalue weighted by Gasteiger charge is -2.10. The smallest absolute Gasteiger partial charge is 0.330 e. The molecule has 0 radical (unpaired) electrons. The number of benzene rings is 1. The molecule has 0 bridgehead atoms. The minimum absolute atomic E-state index is 0.0798. The van der Waals surface area contributed by atoms with Crippen molar-refractivity contribution in [3.8, 4) is 0 Å². The van der Waals surface area contributed by atoms with Crippen LogP contribution in [0.4, 0.5) is 11.4 Å². The van der Waals surface area contributed by atoms with Gasteiger partial charge in [0.25, 0.3) is 0 Å². The third-order valence-corrected chi connectivity index (χ3v) is 2.96. The van der Waals surface area contributed by atoms with E-state index in [2.05, 4.69) is 0 Å². The summed E-state index contributed by atoms with van der Waals surface area (Å²) in [5.41, 5.74) is 4.22. The molecule has 0 heterocycles. The highest BCUT2D eigenvalue weighted by molar-refractivity contribution is 5.69. The summed E-state index contributed by atoms with van der Waals surface area (Å²) < 4.78 is 0. The maximum atomic E-state index is 11.1. The molecule has 108 valence electrons. The summed E-state index contributed by atoms with van der Waals surface area (Å²) in [6, 6.07) is 3.79. The topological polar surface area (TPSA) is 129 Å². The number of carbonyl (C=O) groups excluding carboxylic acids is 1. The fourth-order valence-electron chi connectivity index (χ4n) is 2.00. The van der Waals surface area contributed by atoms with Crippen molar-refractivity contribution in [3.63, 3.8) is 0 Å². The largest absolute Gasteiger partial charge is 0.349 e. The molecule has 1 unspecified atom stereocenters.